The summed E-state index contributed by atoms with van der Waals surface area (Å²) in [5.41, 5.74) is 1.69. The Balaban J connectivity index is 2.30. The Bertz CT molecular complexity index is 857. The van der Waals surface area contributed by atoms with Crippen LogP contribution in [-0.2, 0) is 10.0 Å². The van der Waals surface area contributed by atoms with Crippen molar-refractivity contribution in [1.29, 1.82) is 0 Å². The average molecular weight is 361 g/mol. The summed E-state index contributed by atoms with van der Waals surface area (Å²) in [7, 11) is -3.90. The van der Waals surface area contributed by atoms with Crippen molar-refractivity contribution in [3.8, 4) is 0 Å². The third-order valence-corrected chi connectivity index (χ3v) is 5.48. The SMILES string of the molecule is CCN(CC)c1ccc(NS(=O)(=O)c2cc(C(=O)[O-])ccc2C)cc1. The van der Waals surface area contributed by atoms with E-state index >= 15 is 0 Å². The number of carbonyl (C=O) groups is 1. The quantitative estimate of drug-likeness (QED) is 0.815. The molecule has 134 valence electrons. The summed E-state index contributed by atoms with van der Waals surface area (Å²) in [6, 6.07) is 10.9. The van der Waals surface area contributed by atoms with Gasteiger partial charge in [0.1, 0.15) is 0 Å². The molecule has 0 aliphatic carbocycles. The van der Waals surface area contributed by atoms with Gasteiger partial charge in [-0.3, -0.25) is 4.72 Å². The van der Waals surface area contributed by atoms with Crippen LogP contribution in [0.5, 0.6) is 0 Å². The third-order valence-electron chi connectivity index (χ3n) is 3.96. The van der Waals surface area contributed by atoms with E-state index in [9.17, 15) is 18.3 Å². The van der Waals surface area contributed by atoms with Gasteiger partial charge < -0.3 is 14.8 Å². The summed E-state index contributed by atoms with van der Waals surface area (Å²) in [5, 5.41) is 11.0. The zero-order valence-electron chi connectivity index (χ0n) is 14.4. The van der Waals surface area contributed by atoms with E-state index in [-0.39, 0.29) is 10.5 Å². The lowest BCUT2D eigenvalue weighted by Crippen LogP contribution is -2.23. The van der Waals surface area contributed by atoms with Gasteiger partial charge in [0.25, 0.3) is 10.0 Å². The number of anilines is 2. The fraction of sp³-hybridized carbons (Fsp3) is 0.278. The van der Waals surface area contributed by atoms with Crippen molar-refractivity contribution in [2.24, 2.45) is 0 Å². The fourth-order valence-electron chi connectivity index (χ4n) is 2.56. The van der Waals surface area contributed by atoms with Crippen LogP contribution in [0.4, 0.5) is 11.4 Å². The van der Waals surface area contributed by atoms with E-state index in [0.717, 1.165) is 24.8 Å². The van der Waals surface area contributed by atoms with Crippen LogP contribution in [0.2, 0.25) is 0 Å². The number of hydrogen-bond acceptors (Lipinski definition) is 5. The second-order valence-corrected chi connectivity index (χ2v) is 7.24. The molecule has 0 aromatic heterocycles. The molecule has 25 heavy (non-hydrogen) atoms. The van der Waals surface area contributed by atoms with Gasteiger partial charge in [-0.25, -0.2) is 8.42 Å². The minimum Gasteiger partial charge on any atom is -0.545 e. The van der Waals surface area contributed by atoms with Gasteiger partial charge in [-0.05, 0) is 62.2 Å². The molecule has 7 heteroatoms. The molecule has 6 nitrogen and oxygen atoms in total. The predicted molar refractivity (Wildman–Crippen MR) is 96.3 cm³/mol. The van der Waals surface area contributed by atoms with Crippen LogP contribution in [-0.4, -0.2) is 27.5 Å². The molecule has 0 saturated heterocycles. The normalized spacial score (nSPS) is 11.2. The topological polar surface area (TPSA) is 89.5 Å². The number of benzene rings is 2. The van der Waals surface area contributed by atoms with E-state index in [1.807, 2.05) is 26.0 Å². The van der Waals surface area contributed by atoms with Gasteiger partial charge in [0.05, 0.1) is 10.9 Å². The van der Waals surface area contributed by atoms with E-state index in [2.05, 4.69) is 9.62 Å². The van der Waals surface area contributed by atoms with Crippen LogP contribution in [0, 0.1) is 6.92 Å². The Morgan fingerprint density at radius 1 is 1.08 bits per heavy atom. The van der Waals surface area contributed by atoms with Crippen molar-refractivity contribution in [1.82, 2.24) is 0 Å². The van der Waals surface area contributed by atoms with Crippen molar-refractivity contribution in [2.45, 2.75) is 25.7 Å². The molecule has 0 spiro atoms. The van der Waals surface area contributed by atoms with Crippen LogP contribution >= 0.6 is 0 Å². The van der Waals surface area contributed by atoms with Gasteiger partial charge >= 0.3 is 0 Å². The summed E-state index contributed by atoms with van der Waals surface area (Å²) in [6.07, 6.45) is 0. The molecule has 0 aliphatic rings. The number of rotatable bonds is 7. The largest absolute Gasteiger partial charge is 0.545 e. The number of carbonyl (C=O) groups excluding carboxylic acids is 1. The van der Waals surface area contributed by atoms with Gasteiger partial charge in [-0.15, -0.1) is 0 Å². The maximum atomic E-state index is 12.6. The van der Waals surface area contributed by atoms with Gasteiger partial charge in [0.2, 0.25) is 0 Å². The average Bonchev–Trinajstić information content (AvgIpc) is 2.57. The standard InChI is InChI=1S/C18H22N2O4S/c1-4-20(5-2)16-10-8-15(9-11-16)19-25(23,24)17-12-14(18(21)22)7-6-13(17)3/h6-12,19H,4-5H2,1-3H3,(H,21,22)/p-1. The highest BCUT2D eigenvalue weighted by molar-refractivity contribution is 7.92. The Kier molecular flexibility index (Phi) is 5.69. The Hall–Kier alpha value is -2.54. The van der Waals surface area contributed by atoms with Crippen LogP contribution in [0.15, 0.2) is 47.4 Å². The van der Waals surface area contributed by atoms with E-state index in [1.54, 1.807) is 19.1 Å². The van der Waals surface area contributed by atoms with Gasteiger partial charge in [-0.2, -0.15) is 0 Å². The second-order valence-electron chi connectivity index (χ2n) is 5.59. The van der Waals surface area contributed by atoms with Crippen LogP contribution in [0.1, 0.15) is 29.8 Å². The van der Waals surface area contributed by atoms with Crippen molar-refractivity contribution in [2.75, 3.05) is 22.7 Å². The molecule has 2 aromatic rings. The maximum absolute atomic E-state index is 12.6. The van der Waals surface area contributed by atoms with Crippen LogP contribution in [0.3, 0.4) is 0 Å². The van der Waals surface area contributed by atoms with Gasteiger partial charge in [0.15, 0.2) is 0 Å². The fourth-order valence-corrected chi connectivity index (χ4v) is 3.89. The van der Waals surface area contributed by atoms with Crippen molar-refractivity contribution in [3.63, 3.8) is 0 Å². The number of carboxylic acid groups (broad SMARTS) is 1. The molecule has 0 heterocycles. The predicted octanol–water partition coefficient (Wildman–Crippen LogP) is 2.01. The molecule has 0 amide bonds. The molecular formula is C18H21N2O4S-. The van der Waals surface area contributed by atoms with Crippen molar-refractivity contribution >= 4 is 27.4 Å². The maximum Gasteiger partial charge on any atom is 0.262 e. The Labute approximate surface area is 148 Å². The highest BCUT2D eigenvalue weighted by Crippen LogP contribution is 2.23. The molecule has 0 atom stereocenters. The molecule has 0 fully saturated rings. The Morgan fingerprint density at radius 3 is 2.20 bits per heavy atom. The summed E-state index contributed by atoms with van der Waals surface area (Å²) < 4.78 is 27.7. The van der Waals surface area contributed by atoms with E-state index in [1.165, 1.54) is 12.1 Å². The first-order valence-electron chi connectivity index (χ1n) is 7.98. The number of hydrogen-bond donors (Lipinski definition) is 1. The molecule has 1 N–H and O–H groups in total. The lowest BCUT2D eigenvalue weighted by atomic mass is 10.1. The van der Waals surface area contributed by atoms with E-state index < -0.39 is 16.0 Å². The lowest BCUT2D eigenvalue weighted by Gasteiger charge is -2.21. The number of nitrogens with one attached hydrogen (secondary N) is 1. The smallest absolute Gasteiger partial charge is 0.262 e. The molecule has 0 bridgehead atoms. The highest BCUT2D eigenvalue weighted by Gasteiger charge is 2.18. The van der Waals surface area contributed by atoms with E-state index in [4.69, 9.17) is 0 Å². The Morgan fingerprint density at radius 2 is 1.68 bits per heavy atom. The number of aryl methyl sites for hydroxylation is 1. The highest BCUT2D eigenvalue weighted by atomic mass is 32.2. The monoisotopic (exact) mass is 361 g/mol. The number of aromatic carboxylic acids is 1. The van der Waals surface area contributed by atoms with E-state index in [0.29, 0.717) is 11.3 Å². The first kappa shape index (κ1) is 18.8. The second kappa shape index (κ2) is 7.57. The lowest BCUT2D eigenvalue weighted by molar-refractivity contribution is -0.255. The number of nitrogens with zero attached hydrogens (tertiary/aromatic N) is 1. The minimum atomic E-state index is -3.90. The minimum absolute atomic E-state index is 0.0815. The number of carboxylic acids is 1. The third kappa shape index (κ3) is 4.30. The van der Waals surface area contributed by atoms with Crippen LogP contribution < -0.4 is 14.7 Å². The first-order chi connectivity index (χ1) is 11.8. The van der Waals surface area contributed by atoms with Gasteiger partial charge in [-0.1, -0.05) is 12.1 Å². The molecule has 0 aliphatic heterocycles. The number of sulfonamides is 1. The zero-order chi connectivity index (χ0) is 18.6. The molecule has 2 aromatic carbocycles. The van der Waals surface area contributed by atoms with Crippen LogP contribution in [0.25, 0.3) is 0 Å². The molecule has 0 saturated carbocycles. The summed E-state index contributed by atoms with van der Waals surface area (Å²) >= 11 is 0. The molecule has 2 rings (SSSR count). The van der Waals surface area contributed by atoms with Gasteiger partial charge in [0, 0.05) is 24.5 Å². The molecule has 0 unspecified atom stereocenters. The molecular weight excluding hydrogens is 340 g/mol. The van der Waals surface area contributed by atoms with Crippen molar-refractivity contribution in [3.05, 3.63) is 53.6 Å². The first-order valence-corrected chi connectivity index (χ1v) is 9.46. The summed E-state index contributed by atoms with van der Waals surface area (Å²) in [6.45, 7) is 7.42. The summed E-state index contributed by atoms with van der Waals surface area (Å²) in [4.78, 5) is 13.0. The summed E-state index contributed by atoms with van der Waals surface area (Å²) in [5.74, 6) is -1.42. The molecule has 0 radical (unpaired) electrons. The van der Waals surface area contributed by atoms with Crippen molar-refractivity contribution < 1.29 is 18.3 Å². The zero-order valence-corrected chi connectivity index (χ0v) is 15.3.